The molecule has 20 heavy (non-hydrogen) atoms. The van der Waals surface area contributed by atoms with Crippen molar-refractivity contribution >= 4 is 15.9 Å². The van der Waals surface area contributed by atoms with Gasteiger partial charge in [-0.25, -0.2) is 13.1 Å². The van der Waals surface area contributed by atoms with Gasteiger partial charge in [-0.05, 0) is 19.1 Å². The molecule has 3 N–H and O–H groups in total. The van der Waals surface area contributed by atoms with Crippen LogP contribution in [0.15, 0.2) is 16.5 Å². The summed E-state index contributed by atoms with van der Waals surface area (Å²) in [6, 6.07) is 3.52. The Kier molecular flexibility index (Phi) is 4.17. The summed E-state index contributed by atoms with van der Waals surface area (Å²) in [6.45, 7) is 2.45. The van der Waals surface area contributed by atoms with Crippen LogP contribution in [0.2, 0.25) is 0 Å². The number of nitrogens with zero attached hydrogens (tertiary/aromatic N) is 1. The van der Waals surface area contributed by atoms with Gasteiger partial charge in [0.05, 0.1) is 18.7 Å². The number of sulfonamides is 1. The lowest BCUT2D eigenvalue weighted by Gasteiger charge is -2.15. The van der Waals surface area contributed by atoms with Crippen molar-refractivity contribution in [1.82, 2.24) is 9.62 Å². The third-order valence-electron chi connectivity index (χ3n) is 3.33. The van der Waals surface area contributed by atoms with Crippen molar-refractivity contribution < 1.29 is 17.6 Å². The quantitative estimate of drug-likeness (QED) is 0.772. The van der Waals surface area contributed by atoms with Gasteiger partial charge in [0.2, 0.25) is 15.9 Å². The van der Waals surface area contributed by atoms with Crippen molar-refractivity contribution in [3.8, 4) is 0 Å². The fraction of sp³-hybridized carbons (Fsp3) is 0.583. The van der Waals surface area contributed by atoms with Crippen molar-refractivity contribution in [2.24, 2.45) is 5.73 Å². The number of amides is 1. The fourth-order valence-corrected chi connectivity index (χ4v) is 2.68. The number of rotatable bonds is 4. The van der Waals surface area contributed by atoms with Gasteiger partial charge in [0.1, 0.15) is 11.5 Å². The highest BCUT2D eigenvalue weighted by molar-refractivity contribution is 7.88. The fourth-order valence-electron chi connectivity index (χ4n) is 2.29. The first-order valence-electron chi connectivity index (χ1n) is 6.30. The van der Waals surface area contributed by atoms with Crippen LogP contribution in [-0.4, -0.2) is 51.2 Å². The van der Waals surface area contributed by atoms with E-state index in [1.165, 1.54) is 0 Å². The number of carbonyl (C=O) groups is 1. The van der Waals surface area contributed by atoms with E-state index in [9.17, 15) is 13.2 Å². The van der Waals surface area contributed by atoms with Crippen LogP contribution < -0.4 is 10.5 Å². The zero-order valence-electron chi connectivity index (χ0n) is 11.5. The number of carbonyl (C=O) groups excluding carboxylic acids is 1. The molecule has 7 nitrogen and oxygen atoms in total. The lowest BCUT2D eigenvalue weighted by atomic mass is 10.0. The monoisotopic (exact) mass is 301 g/mol. The highest BCUT2D eigenvalue weighted by Crippen LogP contribution is 2.27. The van der Waals surface area contributed by atoms with Gasteiger partial charge in [-0.2, -0.15) is 0 Å². The van der Waals surface area contributed by atoms with Gasteiger partial charge in [0.15, 0.2) is 0 Å². The molecule has 0 bridgehead atoms. The third-order valence-corrected chi connectivity index (χ3v) is 4.00. The second kappa shape index (κ2) is 5.55. The average molecular weight is 301 g/mol. The molecule has 1 amide bonds. The van der Waals surface area contributed by atoms with Crippen molar-refractivity contribution in [2.45, 2.75) is 18.9 Å². The highest BCUT2D eigenvalue weighted by Gasteiger charge is 2.35. The molecular formula is C12H19N3O4S. The van der Waals surface area contributed by atoms with Crippen LogP contribution >= 0.6 is 0 Å². The van der Waals surface area contributed by atoms with E-state index in [2.05, 4.69) is 4.72 Å². The summed E-state index contributed by atoms with van der Waals surface area (Å²) in [4.78, 5) is 13.5. The molecule has 1 fully saturated rings. The van der Waals surface area contributed by atoms with E-state index in [-0.39, 0.29) is 24.4 Å². The minimum atomic E-state index is -3.37. The molecule has 2 rings (SSSR count). The Morgan fingerprint density at radius 1 is 1.50 bits per heavy atom. The third kappa shape index (κ3) is 3.59. The summed E-state index contributed by atoms with van der Waals surface area (Å²) >= 11 is 0. The molecule has 1 aliphatic heterocycles. The summed E-state index contributed by atoms with van der Waals surface area (Å²) in [6.07, 6.45) is 1.02. The Bertz CT molecular complexity index is 596. The molecule has 1 aliphatic rings. The summed E-state index contributed by atoms with van der Waals surface area (Å²) < 4.78 is 29.7. The van der Waals surface area contributed by atoms with E-state index in [0.29, 0.717) is 13.1 Å². The molecule has 0 unspecified atom stereocenters. The van der Waals surface area contributed by atoms with Crippen LogP contribution in [0.1, 0.15) is 17.4 Å². The number of aryl methyl sites for hydroxylation is 1. The van der Waals surface area contributed by atoms with E-state index >= 15 is 0 Å². The highest BCUT2D eigenvalue weighted by atomic mass is 32.2. The summed E-state index contributed by atoms with van der Waals surface area (Å²) in [5, 5.41) is 0. The minimum absolute atomic E-state index is 0.0501. The Balaban J connectivity index is 1.98. The largest absolute Gasteiger partial charge is 0.466 e. The Hall–Kier alpha value is -1.38. The molecule has 2 heterocycles. The molecule has 0 aliphatic carbocycles. The van der Waals surface area contributed by atoms with Crippen LogP contribution in [0, 0.1) is 6.92 Å². The van der Waals surface area contributed by atoms with Gasteiger partial charge < -0.3 is 15.1 Å². The van der Waals surface area contributed by atoms with E-state index in [4.69, 9.17) is 10.2 Å². The number of nitrogens with two attached hydrogens (primary N) is 1. The number of likely N-dealkylation sites (tertiary alicyclic amines) is 1. The van der Waals surface area contributed by atoms with E-state index in [1.54, 1.807) is 4.90 Å². The molecule has 0 aromatic carbocycles. The van der Waals surface area contributed by atoms with Crippen LogP contribution in [-0.2, 0) is 14.8 Å². The van der Waals surface area contributed by atoms with Gasteiger partial charge in [0.25, 0.3) is 0 Å². The molecule has 1 aromatic heterocycles. The van der Waals surface area contributed by atoms with Gasteiger partial charge >= 0.3 is 0 Å². The summed E-state index contributed by atoms with van der Waals surface area (Å²) in [5.41, 5.74) is 6.04. The van der Waals surface area contributed by atoms with Gasteiger partial charge in [-0.15, -0.1) is 0 Å². The molecule has 1 saturated heterocycles. The van der Waals surface area contributed by atoms with E-state index in [1.807, 2.05) is 19.1 Å². The van der Waals surface area contributed by atoms with Crippen molar-refractivity contribution in [3.05, 3.63) is 23.7 Å². The number of nitrogens with one attached hydrogen (secondary N) is 1. The minimum Gasteiger partial charge on any atom is -0.466 e. The first-order chi connectivity index (χ1) is 9.26. The van der Waals surface area contributed by atoms with Crippen LogP contribution in [0.5, 0.6) is 0 Å². The number of furan rings is 1. The number of hydrogen-bond acceptors (Lipinski definition) is 5. The molecule has 0 spiro atoms. The maximum absolute atomic E-state index is 11.9. The first-order valence-corrected chi connectivity index (χ1v) is 8.20. The predicted molar refractivity (Wildman–Crippen MR) is 73.6 cm³/mol. The topological polar surface area (TPSA) is 106 Å². The Labute approximate surface area is 118 Å². The second-order valence-corrected chi connectivity index (χ2v) is 6.94. The zero-order valence-corrected chi connectivity index (χ0v) is 12.3. The van der Waals surface area contributed by atoms with E-state index in [0.717, 1.165) is 17.8 Å². The first kappa shape index (κ1) is 15.0. The van der Waals surface area contributed by atoms with Crippen LogP contribution in [0.3, 0.4) is 0 Å². The predicted octanol–water partition coefficient (Wildman–Crippen LogP) is -0.610. The van der Waals surface area contributed by atoms with Gasteiger partial charge in [-0.3, -0.25) is 4.79 Å². The van der Waals surface area contributed by atoms with E-state index < -0.39 is 10.0 Å². The zero-order chi connectivity index (χ0) is 14.9. The molecule has 0 saturated carbocycles. The molecular weight excluding hydrogens is 282 g/mol. The van der Waals surface area contributed by atoms with Crippen molar-refractivity contribution in [1.29, 1.82) is 0 Å². The normalized spacial score (nSPS) is 23.2. The molecule has 1 aromatic rings. The number of hydrogen-bond donors (Lipinski definition) is 2. The SMILES string of the molecule is Cc1ccc([C@@H]2CN(C(=O)CNS(C)(=O)=O)C[C@H]2N)o1. The van der Waals surface area contributed by atoms with Crippen LogP contribution in [0.25, 0.3) is 0 Å². The second-order valence-electron chi connectivity index (χ2n) is 5.11. The smallest absolute Gasteiger partial charge is 0.237 e. The standard InChI is InChI=1S/C12H19N3O4S/c1-8-3-4-11(19-8)9-6-15(7-10(9)13)12(16)5-14-20(2,17)18/h3-4,9-10,14H,5-7,13H2,1-2H3/t9-,10-/m1/s1. The van der Waals surface area contributed by atoms with Crippen molar-refractivity contribution in [2.75, 3.05) is 25.9 Å². The van der Waals surface area contributed by atoms with Crippen molar-refractivity contribution in [3.63, 3.8) is 0 Å². The molecule has 0 radical (unpaired) electrons. The Morgan fingerprint density at radius 3 is 2.75 bits per heavy atom. The lowest BCUT2D eigenvalue weighted by Crippen LogP contribution is -2.39. The van der Waals surface area contributed by atoms with Gasteiger partial charge in [-0.1, -0.05) is 0 Å². The maximum Gasteiger partial charge on any atom is 0.237 e. The molecule has 2 atom stereocenters. The van der Waals surface area contributed by atoms with Gasteiger partial charge in [0, 0.05) is 19.1 Å². The average Bonchev–Trinajstić information content (AvgIpc) is 2.91. The molecule has 112 valence electrons. The Morgan fingerprint density at radius 2 is 2.20 bits per heavy atom. The van der Waals surface area contributed by atoms with Crippen LogP contribution in [0.4, 0.5) is 0 Å². The summed E-state index contributed by atoms with van der Waals surface area (Å²) in [7, 11) is -3.37. The maximum atomic E-state index is 11.9. The molecule has 8 heteroatoms. The summed E-state index contributed by atoms with van der Waals surface area (Å²) in [5.74, 6) is 1.24. The lowest BCUT2D eigenvalue weighted by molar-refractivity contribution is -0.128.